The summed E-state index contributed by atoms with van der Waals surface area (Å²) in [5.74, 6) is -2.39. The van der Waals surface area contributed by atoms with Gasteiger partial charge in [0, 0.05) is 16.6 Å². The van der Waals surface area contributed by atoms with Crippen LogP contribution in [-0.4, -0.2) is 34.4 Å². The maximum atomic E-state index is 12.3. The lowest BCUT2D eigenvalue weighted by Gasteiger charge is -2.19. The Morgan fingerprint density at radius 1 is 1.03 bits per heavy atom. The number of benzene rings is 1. The third kappa shape index (κ3) is 7.06. The van der Waals surface area contributed by atoms with Gasteiger partial charge in [-0.05, 0) is 45.0 Å². The van der Waals surface area contributed by atoms with Crippen molar-refractivity contribution in [2.24, 2.45) is 5.73 Å². The van der Waals surface area contributed by atoms with Crippen LogP contribution in [0.5, 0.6) is 0 Å². The van der Waals surface area contributed by atoms with E-state index in [1.54, 1.807) is 45.0 Å². The van der Waals surface area contributed by atoms with Crippen molar-refractivity contribution in [2.45, 2.75) is 26.4 Å². The SMILES string of the molecule is C=C(NC(=O)C(=C)NC(=O)c1csc(-c2ccc(NC(=O)OC(C)(C)C)cc2)n1)C(N)=O. The lowest BCUT2D eigenvalue weighted by Crippen LogP contribution is -2.36. The van der Waals surface area contributed by atoms with Crippen LogP contribution in [0.25, 0.3) is 10.6 Å². The van der Waals surface area contributed by atoms with E-state index >= 15 is 0 Å². The van der Waals surface area contributed by atoms with Gasteiger partial charge in [-0.2, -0.15) is 0 Å². The zero-order chi connectivity index (χ0) is 24.1. The van der Waals surface area contributed by atoms with Crippen molar-refractivity contribution in [1.82, 2.24) is 15.6 Å². The molecule has 2 aromatic rings. The van der Waals surface area contributed by atoms with E-state index in [-0.39, 0.29) is 17.1 Å². The van der Waals surface area contributed by atoms with Gasteiger partial charge in [0.05, 0.1) is 11.4 Å². The molecule has 1 aromatic heterocycles. The van der Waals surface area contributed by atoms with Gasteiger partial charge in [-0.1, -0.05) is 13.2 Å². The molecule has 0 spiro atoms. The molecule has 2 rings (SSSR count). The normalized spacial score (nSPS) is 10.6. The number of nitrogens with zero attached hydrogens (tertiary/aromatic N) is 1. The van der Waals surface area contributed by atoms with E-state index in [1.807, 2.05) is 0 Å². The molecular formula is C21H23N5O5S. The van der Waals surface area contributed by atoms with Crippen molar-refractivity contribution in [3.8, 4) is 10.6 Å². The molecule has 5 N–H and O–H groups in total. The highest BCUT2D eigenvalue weighted by Crippen LogP contribution is 2.25. The Kier molecular flexibility index (Phi) is 7.50. The summed E-state index contributed by atoms with van der Waals surface area (Å²) in [7, 11) is 0. The minimum atomic E-state index is -0.908. The van der Waals surface area contributed by atoms with Crippen molar-refractivity contribution in [2.75, 3.05) is 5.32 Å². The Labute approximate surface area is 188 Å². The fourth-order valence-electron chi connectivity index (χ4n) is 2.16. The summed E-state index contributed by atoms with van der Waals surface area (Å²) >= 11 is 1.22. The lowest BCUT2D eigenvalue weighted by atomic mass is 10.2. The fraction of sp³-hybridized carbons (Fsp3) is 0.190. The van der Waals surface area contributed by atoms with Crippen LogP contribution in [0.1, 0.15) is 31.3 Å². The van der Waals surface area contributed by atoms with Crippen molar-refractivity contribution in [1.29, 1.82) is 0 Å². The van der Waals surface area contributed by atoms with Gasteiger partial charge in [0.25, 0.3) is 17.7 Å². The van der Waals surface area contributed by atoms with Crippen molar-refractivity contribution >= 4 is 40.8 Å². The summed E-state index contributed by atoms with van der Waals surface area (Å²) in [6.45, 7) is 12.0. The molecule has 0 bridgehead atoms. The van der Waals surface area contributed by atoms with Gasteiger partial charge in [0.15, 0.2) is 0 Å². The quantitative estimate of drug-likeness (QED) is 0.469. The Bertz CT molecular complexity index is 1080. The molecule has 0 radical (unpaired) electrons. The van der Waals surface area contributed by atoms with E-state index in [4.69, 9.17) is 10.5 Å². The molecule has 4 amide bonds. The zero-order valence-electron chi connectivity index (χ0n) is 17.8. The van der Waals surface area contributed by atoms with Crippen LogP contribution in [0.4, 0.5) is 10.5 Å². The second-order valence-corrected chi connectivity index (χ2v) is 8.33. The number of anilines is 1. The Balaban J connectivity index is 1.99. The molecule has 0 saturated heterocycles. The molecule has 0 unspecified atom stereocenters. The third-order valence-corrected chi connectivity index (χ3v) is 4.51. The largest absolute Gasteiger partial charge is 0.444 e. The standard InChI is InChI=1S/C21H23N5O5S/c1-11(16(22)27)23-17(28)12(2)24-18(29)15-10-32-19(26-15)13-6-8-14(9-7-13)25-20(30)31-21(3,4)5/h6-10H,1-2H2,3-5H3,(H2,22,27)(H,23,28)(H,24,29)(H,25,30). The number of thiazole rings is 1. The number of amides is 4. The van der Waals surface area contributed by atoms with Crippen LogP contribution < -0.4 is 21.7 Å². The molecule has 0 fully saturated rings. The van der Waals surface area contributed by atoms with Crippen molar-refractivity contribution in [3.05, 3.63) is 59.9 Å². The molecule has 0 aliphatic carbocycles. The highest BCUT2D eigenvalue weighted by molar-refractivity contribution is 7.13. The number of nitrogens with one attached hydrogen (secondary N) is 3. The lowest BCUT2D eigenvalue weighted by molar-refractivity contribution is -0.120. The van der Waals surface area contributed by atoms with Crippen LogP contribution in [0.2, 0.25) is 0 Å². The first-order valence-electron chi connectivity index (χ1n) is 9.22. The molecule has 10 nitrogen and oxygen atoms in total. The van der Waals surface area contributed by atoms with Crippen LogP contribution in [0.3, 0.4) is 0 Å². The molecule has 1 aromatic carbocycles. The molecule has 0 saturated carbocycles. The monoisotopic (exact) mass is 457 g/mol. The molecule has 0 atom stereocenters. The fourth-order valence-corrected chi connectivity index (χ4v) is 2.97. The van der Waals surface area contributed by atoms with Crippen LogP contribution in [-0.2, 0) is 14.3 Å². The van der Waals surface area contributed by atoms with Gasteiger partial charge in [-0.25, -0.2) is 9.78 Å². The van der Waals surface area contributed by atoms with Crippen LogP contribution in [0, 0.1) is 0 Å². The number of carbonyl (C=O) groups excluding carboxylic acids is 4. The van der Waals surface area contributed by atoms with E-state index in [1.165, 1.54) is 16.7 Å². The molecule has 32 heavy (non-hydrogen) atoms. The minimum Gasteiger partial charge on any atom is -0.444 e. The van der Waals surface area contributed by atoms with E-state index in [0.29, 0.717) is 10.7 Å². The summed E-state index contributed by atoms with van der Waals surface area (Å²) < 4.78 is 5.20. The molecule has 0 aliphatic heterocycles. The average molecular weight is 458 g/mol. The van der Waals surface area contributed by atoms with Gasteiger partial charge < -0.3 is 21.1 Å². The predicted octanol–water partition coefficient (Wildman–Crippen LogP) is 2.52. The van der Waals surface area contributed by atoms with Gasteiger partial charge in [0.2, 0.25) is 0 Å². The Morgan fingerprint density at radius 3 is 2.22 bits per heavy atom. The van der Waals surface area contributed by atoms with Gasteiger partial charge in [-0.15, -0.1) is 11.3 Å². The van der Waals surface area contributed by atoms with E-state index < -0.39 is 29.4 Å². The number of carbonyl (C=O) groups is 4. The van der Waals surface area contributed by atoms with Crippen LogP contribution in [0.15, 0.2) is 54.2 Å². The van der Waals surface area contributed by atoms with E-state index in [9.17, 15) is 19.2 Å². The smallest absolute Gasteiger partial charge is 0.412 e. The van der Waals surface area contributed by atoms with Gasteiger partial charge in [-0.3, -0.25) is 19.7 Å². The molecule has 1 heterocycles. The highest BCUT2D eigenvalue weighted by Gasteiger charge is 2.18. The molecular weight excluding hydrogens is 434 g/mol. The number of aromatic nitrogens is 1. The summed E-state index contributed by atoms with van der Waals surface area (Å²) in [6, 6.07) is 6.82. The number of ether oxygens (including phenoxy) is 1. The maximum absolute atomic E-state index is 12.3. The Morgan fingerprint density at radius 2 is 1.66 bits per heavy atom. The summed E-state index contributed by atoms with van der Waals surface area (Å²) in [4.78, 5) is 51.2. The first kappa shape index (κ1) is 24.3. The van der Waals surface area contributed by atoms with E-state index in [0.717, 1.165) is 5.56 Å². The number of nitrogens with two attached hydrogens (primary N) is 1. The Hall–Kier alpha value is -3.99. The molecule has 168 valence electrons. The second-order valence-electron chi connectivity index (χ2n) is 7.47. The topological polar surface area (TPSA) is 153 Å². The number of hydrogen-bond donors (Lipinski definition) is 4. The third-order valence-electron chi connectivity index (χ3n) is 3.61. The first-order valence-corrected chi connectivity index (χ1v) is 10.1. The van der Waals surface area contributed by atoms with E-state index in [2.05, 4.69) is 34.1 Å². The maximum Gasteiger partial charge on any atom is 0.412 e. The highest BCUT2D eigenvalue weighted by atomic mass is 32.1. The van der Waals surface area contributed by atoms with Gasteiger partial charge >= 0.3 is 6.09 Å². The average Bonchev–Trinajstić information content (AvgIpc) is 3.17. The van der Waals surface area contributed by atoms with Crippen LogP contribution >= 0.6 is 11.3 Å². The van der Waals surface area contributed by atoms with Crippen molar-refractivity contribution < 1.29 is 23.9 Å². The second kappa shape index (κ2) is 9.88. The van der Waals surface area contributed by atoms with Gasteiger partial charge in [0.1, 0.15) is 16.3 Å². The molecule has 0 aliphatic rings. The molecule has 11 heteroatoms. The number of rotatable bonds is 7. The number of primary amides is 1. The zero-order valence-corrected chi connectivity index (χ0v) is 18.6. The predicted molar refractivity (Wildman–Crippen MR) is 120 cm³/mol. The number of hydrogen-bond acceptors (Lipinski definition) is 7. The van der Waals surface area contributed by atoms with Crippen molar-refractivity contribution in [3.63, 3.8) is 0 Å². The summed E-state index contributed by atoms with van der Waals surface area (Å²) in [5.41, 5.74) is 5.08. The first-order chi connectivity index (χ1) is 14.9. The minimum absolute atomic E-state index is 0.0728. The summed E-state index contributed by atoms with van der Waals surface area (Å²) in [5, 5.41) is 9.12. The summed E-state index contributed by atoms with van der Waals surface area (Å²) in [6.07, 6.45) is -0.567.